The van der Waals surface area contributed by atoms with Crippen molar-refractivity contribution in [2.75, 3.05) is 4.90 Å². The van der Waals surface area contributed by atoms with E-state index in [2.05, 4.69) is 181 Å². The highest BCUT2D eigenvalue weighted by Gasteiger charge is 2.21. The summed E-state index contributed by atoms with van der Waals surface area (Å²) >= 11 is 0. The van der Waals surface area contributed by atoms with Gasteiger partial charge in [-0.05, 0) is 64.2 Å². The molecule has 0 spiro atoms. The zero-order valence-corrected chi connectivity index (χ0v) is 30.3. The second kappa shape index (κ2) is 13.1. The van der Waals surface area contributed by atoms with Gasteiger partial charge in [-0.15, -0.1) is 0 Å². The number of hydrogen-bond acceptors (Lipinski definition) is 4. The van der Waals surface area contributed by atoms with Gasteiger partial charge in [0, 0.05) is 50.3 Å². The first-order chi connectivity index (χ1) is 27.8. The van der Waals surface area contributed by atoms with Crippen LogP contribution in [0, 0.1) is 0 Å². The predicted molar refractivity (Wildman–Crippen MR) is 233 cm³/mol. The van der Waals surface area contributed by atoms with E-state index in [9.17, 15) is 0 Å². The second-order valence-corrected chi connectivity index (χ2v) is 14.2. The first-order valence-electron chi connectivity index (χ1n) is 18.9. The fraction of sp³-hybridized carbons (Fsp3) is 0. The lowest BCUT2D eigenvalue weighted by atomic mass is 9.97. The third-order valence-electron chi connectivity index (χ3n) is 10.8. The Bertz CT molecular complexity index is 3250. The molecule has 11 rings (SSSR count). The number of hydrogen-bond donors (Lipinski definition) is 0. The quantitative estimate of drug-likeness (QED) is 0.161. The van der Waals surface area contributed by atoms with E-state index in [1.807, 2.05) is 24.3 Å². The van der Waals surface area contributed by atoms with Crippen LogP contribution >= 0.6 is 0 Å². The lowest BCUT2D eigenvalue weighted by molar-refractivity contribution is 0.669. The summed E-state index contributed by atoms with van der Waals surface area (Å²) in [7, 11) is 0. The zero-order chi connectivity index (χ0) is 37.0. The van der Waals surface area contributed by atoms with E-state index < -0.39 is 0 Å². The third-order valence-corrected chi connectivity index (χ3v) is 10.8. The van der Waals surface area contributed by atoms with E-state index in [1.165, 1.54) is 0 Å². The largest absolute Gasteiger partial charge is 0.456 e. The smallest absolute Gasteiger partial charge is 0.137 e. The SMILES string of the molecule is c1ccc(-c2ccccc2N(c2ccc3c(c2)oc2ccccc23)c2ccc3ccc4ccc5nc(-c6ccccc6)c(-c6ccccc6)nc5c4c3c2)cc1. The molecule has 4 heteroatoms. The maximum absolute atomic E-state index is 6.45. The summed E-state index contributed by atoms with van der Waals surface area (Å²) in [6, 6.07) is 70.2. The Labute approximate surface area is 323 Å². The van der Waals surface area contributed by atoms with Crippen LogP contribution in [0.2, 0.25) is 0 Å². The third kappa shape index (κ3) is 5.31. The standard InChI is InChI=1S/C52H33N3O/c1-4-14-34(15-5-1)41-20-10-12-22-46(41)55(40-29-30-43-42-21-11-13-23-47(42)56-48(43)33-40)39-28-26-35-24-25-36-27-31-45-52(49(36)44(35)32-39)54-51(38-18-8-3-9-19-38)50(53-45)37-16-6-2-7-17-37/h1-33H. The molecule has 56 heavy (non-hydrogen) atoms. The summed E-state index contributed by atoms with van der Waals surface area (Å²) in [4.78, 5) is 13.2. The molecule has 0 aliphatic rings. The number of nitrogens with zero attached hydrogens (tertiary/aromatic N) is 3. The molecule has 11 aromatic rings. The summed E-state index contributed by atoms with van der Waals surface area (Å²) in [5.41, 5.74) is 12.6. The molecule has 0 amide bonds. The van der Waals surface area contributed by atoms with Crippen LogP contribution in [0.4, 0.5) is 17.1 Å². The van der Waals surface area contributed by atoms with Crippen LogP contribution in [0.5, 0.6) is 0 Å². The van der Waals surface area contributed by atoms with Gasteiger partial charge in [0.15, 0.2) is 0 Å². The summed E-state index contributed by atoms with van der Waals surface area (Å²) in [6.07, 6.45) is 0. The Kier molecular flexibility index (Phi) is 7.46. The van der Waals surface area contributed by atoms with Gasteiger partial charge in [0.25, 0.3) is 0 Å². The minimum absolute atomic E-state index is 0.848. The normalized spacial score (nSPS) is 11.6. The van der Waals surface area contributed by atoms with Crippen molar-refractivity contribution in [3.8, 4) is 33.6 Å². The topological polar surface area (TPSA) is 42.2 Å². The van der Waals surface area contributed by atoms with E-state index in [-0.39, 0.29) is 0 Å². The second-order valence-electron chi connectivity index (χ2n) is 14.2. The first kappa shape index (κ1) is 31.9. The van der Waals surface area contributed by atoms with E-state index in [0.29, 0.717) is 0 Å². The minimum Gasteiger partial charge on any atom is -0.456 e. The van der Waals surface area contributed by atoms with Crippen LogP contribution in [-0.2, 0) is 0 Å². The molecule has 0 fully saturated rings. The molecule has 2 aromatic heterocycles. The van der Waals surface area contributed by atoms with Crippen molar-refractivity contribution >= 4 is 71.6 Å². The first-order valence-corrected chi connectivity index (χ1v) is 18.9. The van der Waals surface area contributed by atoms with Gasteiger partial charge in [-0.1, -0.05) is 152 Å². The lowest BCUT2D eigenvalue weighted by Crippen LogP contribution is -2.11. The van der Waals surface area contributed by atoms with Crippen LogP contribution in [-0.4, -0.2) is 9.97 Å². The van der Waals surface area contributed by atoms with Crippen LogP contribution < -0.4 is 4.90 Å². The maximum atomic E-state index is 6.45. The molecule has 4 nitrogen and oxygen atoms in total. The lowest BCUT2D eigenvalue weighted by Gasteiger charge is -2.28. The van der Waals surface area contributed by atoms with Crippen molar-refractivity contribution in [2.24, 2.45) is 0 Å². The molecular weight excluding hydrogens is 683 g/mol. The molecule has 0 aliphatic heterocycles. The van der Waals surface area contributed by atoms with Crippen molar-refractivity contribution in [2.45, 2.75) is 0 Å². The van der Waals surface area contributed by atoms with Crippen LogP contribution in [0.1, 0.15) is 0 Å². The number of para-hydroxylation sites is 2. The van der Waals surface area contributed by atoms with Crippen molar-refractivity contribution in [3.05, 3.63) is 200 Å². The zero-order valence-electron chi connectivity index (χ0n) is 30.3. The van der Waals surface area contributed by atoms with Crippen molar-refractivity contribution in [1.29, 1.82) is 0 Å². The Hall–Kier alpha value is -7.56. The Morgan fingerprint density at radius 1 is 0.393 bits per heavy atom. The number of anilines is 3. The Balaban J connectivity index is 1.18. The van der Waals surface area contributed by atoms with Gasteiger partial charge in [-0.3, -0.25) is 0 Å². The van der Waals surface area contributed by atoms with Gasteiger partial charge in [-0.25, -0.2) is 9.97 Å². The van der Waals surface area contributed by atoms with Crippen molar-refractivity contribution in [3.63, 3.8) is 0 Å². The van der Waals surface area contributed by atoms with E-state index >= 15 is 0 Å². The number of rotatable bonds is 6. The van der Waals surface area contributed by atoms with Gasteiger partial charge in [-0.2, -0.15) is 0 Å². The summed E-state index contributed by atoms with van der Waals surface area (Å²) in [5.74, 6) is 0. The van der Waals surface area contributed by atoms with Crippen LogP contribution in [0.25, 0.3) is 88.2 Å². The number of fused-ring (bicyclic) bond motifs is 8. The van der Waals surface area contributed by atoms with Crippen molar-refractivity contribution in [1.82, 2.24) is 9.97 Å². The van der Waals surface area contributed by atoms with Crippen molar-refractivity contribution < 1.29 is 4.42 Å². The predicted octanol–water partition coefficient (Wildman–Crippen LogP) is 14.3. The average Bonchev–Trinajstić information content (AvgIpc) is 3.65. The summed E-state index contributed by atoms with van der Waals surface area (Å²) in [5, 5.41) is 6.64. The fourth-order valence-corrected chi connectivity index (χ4v) is 8.19. The van der Waals surface area contributed by atoms with E-state index in [1.54, 1.807) is 0 Å². The monoisotopic (exact) mass is 715 g/mol. The highest BCUT2D eigenvalue weighted by molar-refractivity contribution is 6.19. The molecular formula is C52H33N3O. The molecule has 0 bridgehead atoms. The maximum Gasteiger partial charge on any atom is 0.137 e. The average molecular weight is 716 g/mol. The van der Waals surface area contributed by atoms with Gasteiger partial charge in [0.2, 0.25) is 0 Å². The van der Waals surface area contributed by atoms with E-state index in [4.69, 9.17) is 14.4 Å². The molecule has 2 heterocycles. The van der Waals surface area contributed by atoms with Crippen LogP contribution in [0.15, 0.2) is 205 Å². The van der Waals surface area contributed by atoms with E-state index in [0.717, 1.165) is 105 Å². The fourth-order valence-electron chi connectivity index (χ4n) is 8.19. The number of furan rings is 1. The molecule has 9 aromatic carbocycles. The molecule has 262 valence electrons. The molecule has 0 aliphatic carbocycles. The molecule has 0 atom stereocenters. The Morgan fingerprint density at radius 2 is 0.964 bits per heavy atom. The molecule has 0 radical (unpaired) electrons. The highest BCUT2D eigenvalue weighted by Crippen LogP contribution is 2.44. The summed E-state index contributed by atoms with van der Waals surface area (Å²) < 4.78 is 6.45. The number of benzene rings is 9. The number of aromatic nitrogens is 2. The molecule has 0 unspecified atom stereocenters. The molecule has 0 N–H and O–H groups in total. The summed E-state index contributed by atoms with van der Waals surface area (Å²) in [6.45, 7) is 0. The molecule has 0 saturated heterocycles. The highest BCUT2D eigenvalue weighted by atomic mass is 16.3. The minimum atomic E-state index is 0.848. The molecule has 0 saturated carbocycles. The van der Waals surface area contributed by atoms with Gasteiger partial charge >= 0.3 is 0 Å². The van der Waals surface area contributed by atoms with Crippen LogP contribution in [0.3, 0.4) is 0 Å². The van der Waals surface area contributed by atoms with Gasteiger partial charge in [0.1, 0.15) is 11.2 Å². The van der Waals surface area contributed by atoms with Gasteiger partial charge in [0.05, 0.1) is 28.1 Å². The van der Waals surface area contributed by atoms with Gasteiger partial charge < -0.3 is 9.32 Å². The Morgan fingerprint density at radius 3 is 1.75 bits per heavy atom.